The Balaban J connectivity index is 1.82. The van der Waals surface area contributed by atoms with Gasteiger partial charge in [0.2, 0.25) is 0 Å². The predicted molar refractivity (Wildman–Crippen MR) is 95.6 cm³/mol. The molecule has 0 spiro atoms. The van der Waals surface area contributed by atoms with Crippen LogP contribution in [0.1, 0.15) is 25.0 Å². The van der Waals surface area contributed by atoms with Crippen molar-refractivity contribution in [3.63, 3.8) is 0 Å². The molecule has 128 valence electrons. The SMILES string of the molecule is CCOc1cc(C=C2C(=O)ON=C2C)ccc1OCc1ccccc1. The Hall–Kier alpha value is -3.08. The van der Waals surface area contributed by atoms with Crippen LogP contribution in [0.3, 0.4) is 0 Å². The highest BCUT2D eigenvalue weighted by Gasteiger charge is 2.21. The van der Waals surface area contributed by atoms with Crippen molar-refractivity contribution in [2.24, 2.45) is 5.16 Å². The summed E-state index contributed by atoms with van der Waals surface area (Å²) >= 11 is 0. The van der Waals surface area contributed by atoms with E-state index in [2.05, 4.69) is 9.99 Å². The van der Waals surface area contributed by atoms with Gasteiger partial charge in [0.15, 0.2) is 11.5 Å². The quantitative estimate of drug-likeness (QED) is 0.591. The molecule has 5 heteroatoms. The van der Waals surface area contributed by atoms with Gasteiger partial charge in [-0.25, -0.2) is 4.79 Å². The highest BCUT2D eigenvalue weighted by Crippen LogP contribution is 2.30. The number of hydrogen-bond acceptors (Lipinski definition) is 5. The van der Waals surface area contributed by atoms with Crippen molar-refractivity contribution in [2.45, 2.75) is 20.5 Å². The Morgan fingerprint density at radius 2 is 1.88 bits per heavy atom. The fraction of sp³-hybridized carbons (Fsp3) is 0.200. The standard InChI is InChI=1S/C20H19NO4/c1-3-23-19-12-16(11-17-14(2)21-25-20(17)22)9-10-18(19)24-13-15-7-5-4-6-8-15/h4-12H,3,13H2,1-2H3. The fourth-order valence-electron chi connectivity index (χ4n) is 2.42. The average molecular weight is 337 g/mol. The zero-order chi connectivity index (χ0) is 17.6. The third-order valence-electron chi connectivity index (χ3n) is 3.69. The van der Waals surface area contributed by atoms with Gasteiger partial charge in [-0.2, -0.15) is 0 Å². The van der Waals surface area contributed by atoms with E-state index in [1.54, 1.807) is 13.0 Å². The molecule has 25 heavy (non-hydrogen) atoms. The first kappa shape index (κ1) is 16.8. The Bertz CT molecular complexity index is 825. The van der Waals surface area contributed by atoms with E-state index in [1.165, 1.54) is 0 Å². The zero-order valence-corrected chi connectivity index (χ0v) is 14.2. The Morgan fingerprint density at radius 3 is 2.56 bits per heavy atom. The molecule has 0 aromatic heterocycles. The van der Waals surface area contributed by atoms with Gasteiger partial charge in [0, 0.05) is 0 Å². The van der Waals surface area contributed by atoms with Gasteiger partial charge in [0.05, 0.1) is 17.9 Å². The molecule has 1 aliphatic rings. The fourth-order valence-corrected chi connectivity index (χ4v) is 2.42. The van der Waals surface area contributed by atoms with Crippen molar-refractivity contribution < 1.29 is 19.1 Å². The lowest BCUT2D eigenvalue weighted by Gasteiger charge is -2.13. The Labute approximate surface area is 146 Å². The van der Waals surface area contributed by atoms with Gasteiger partial charge < -0.3 is 14.3 Å². The summed E-state index contributed by atoms with van der Waals surface area (Å²) in [7, 11) is 0. The highest BCUT2D eigenvalue weighted by molar-refractivity contribution is 6.24. The van der Waals surface area contributed by atoms with E-state index in [0.29, 0.717) is 36.0 Å². The van der Waals surface area contributed by atoms with E-state index in [9.17, 15) is 4.79 Å². The van der Waals surface area contributed by atoms with Crippen molar-refractivity contribution >= 4 is 17.8 Å². The number of nitrogens with zero attached hydrogens (tertiary/aromatic N) is 1. The number of oxime groups is 1. The normalized spacial score (nSPS) is 15.0. The molecule has 5 nitrogen and oxygen atoms in total. The number of ether oxygens (including phenoxy) is 2. The maximum Gasteiger partial charge on any atom is 0.367 e. The van der Waals surface area contributed by atoms with Crippen LogP contribution < -0.4 is 9.47 Å². The molecule has 1 aliphatic heterocycles. The molecular formula is C20H19NO4. The molecule has 0 unspecified atom stereocenters. The van der Waals surface area contributed by atoms with Crippen molar-refractivity contribution in [1.29, 1.82) is 0 Å². The maximum absolute atomic E-state index is 11.7. The molecule has 0 N–H and O–H groups in total. The third-order valence-corrected chi connectivity index (χ3v) is 3.69. The van der Waals surface area contributed by atoms with Crippen LogP contribution in [0.15, 0.2) is 59.3 Å². The minimum atomic E-state index is -0.445. The van der Waals surface area contributed by atoms with Gasteiger partial charge in [-0.1, -0.05) is 41.6 Å². The van der Waals surface area contributed by atoms with Crippen molar-refractivity contribution in [2.75, 3.05) is 6.61 Å². The highest BCUT2D eigenvalue weighted by atomic mass is 16.7. The third kappa shape index (κ3) is 4.07. The van der Waals surface area contributed by atoms with Crippen LogP contribution in [0, 0.1) is 0 Å². The molecule has 0 saturated carbocycles. The molecule has 0 aliphatic carbocycles. The van der Waals surface area contributed by atoms with Crippen LogP contribution >= 0.6 is 0 Å². The summed E-state index contributed by atoms with van der Waals surface area (Å²) in [6.07, 6.45) is 1.73. The Morgan fingerprint density at radius 1 is 1.08 bits per heavy atom. The summed E-state index contributed by atoms with van der Waals surface area (Å²) in [6.45, 7) is 4.62. The number of carbonyl (C=O) groups is 1. The minimum Gasteiger partial charge on any atom is -0.490 e. The second kappa shape index (κ2) is 7.66. The minimum absolute atomic E-state index is 0.445. The zero-order valence-electron chi connectivity index (χ0n) is 14.2. The Kier molecular flexibility index (Phi) is 5.14. The van der Waals surface area contributed by atoms with Crippen molar-refractivity contribution in [3.05, 3.63) is 65.2 Å². The number of carbonyl (C=O) groups excluding carboxylic acids is 1. The smallest absolute Gasteiger partial charge is 0.367 e. The van der Waals surface area contributed by atoms with Gasteiger partial charge in [-0.15, -0.1) is 0 Å². The summed E-state index contributed by atoms with van der Waals surface area (Å²) in [5.74, 6) is 0.848. The summed E-state index contributed by atoms with van der Waals surface area (Å²) in [5, 5.41) is 3.68. The second-order valence-electron chi connectivity index (χ2n) is 5.53. The molecule has 0 amide bonds. The molecule has 0 saturated heterocycles. The van der Waals surface area contributed by atoms with Crippen molar-refractivity contribution in [1.82, 2.24) is 0 Å². The molecule has 2 aromatic carbocycles. The molecule has 0 bridgehead atoms. The lowest BCUT2D eigenvalue weighted by Crippen LogP contribution is -2.02. The molecule has 0 radical (unpaired) electrons. The first-order valence-corrected chi connectivity index (χ1v) is 8.09. The molecular weight excluding hydrogens is 318 g/mol. The van der Waals surface area contributed by atoms with Gasteiger partial charge in [0.1, 0.15) is 6.61 Å². The van der Waals surface area contributed by atoms with Gasteiger partial charge >= 0.3 is 5.97 Å². The summed E-state index contributed by atoms with van der Waals surface area (Å²) in [5.41, 5.74) is 2.91. The topological polar surface area (TPSA) is 57.1 Å². The number of hydrogen-bond donors (Lipinski definition) is 0. The predicted octanol–water partition coefficient (Wildman–Crippen LogP) is 3.98. The van der Waals surface area contributed by atoms with Gasteiger partial charge in [-0.05, 0) is 43.2 Å². The van der Waals surface area contributed by atoms with E-state index in [4.69, 9.17) is 9.47 Å². The monoisotopic (exact) mass is 337 g/mol. The molecule has 2 aromatic rings. The number of benzene rings is 2. The molecule has 0 atom stereocenters. The largest absolute Gasteiger partial charge is 0.490 e. The molecule has 0 fully saturated rings. The second-order valence-corrected chi connectivity index (χ2v) is 5.53. The van der Waals surface area contributed by atoms with Crippen LogP contribution in [0.25, 0.3) is 6.08 Å². The van der Waals surface area contributed by atoms with E-state index in [0.717, 1.165) is 11.1 Å². The van der Waals surface area contributed by atoms with E-state index >= 15 is 0 Å². The molecule has 1 heterocycles. The van der Waals surface area contributed by atoms with E-state index in [-0.39, 0.29) is 0 Å². The first-order chi connectivity index (χ1) is 12.2. The summed E-state index contributed by atoms with van der Waals surface area (Å²) in [4.78, 5) is 16.3. The van der Waals surface area contributed by atoms with Crippen molar-refractivity contribution in [3.8, 4) is 11.5 Å². The average Bonchev–Trinajstić information content (AvgIpc) is 2.94. The van der Waals surface area contributed by atoms with Crippen LogP contribution in [0.2, 0.25) is 0 Å². The van der Waals surface area contributed by atoms with E-state index < -0.39 is 5.97 Å². The lowest BCUT2D eigenvalue weighted by atomic mass is 10.1. The summed E-state index contributed by atoms with van der Waals surface area (Å²) in [6, 6.07) is 15.5. The molecule has 3 rings (SSSR count). The van der Waals surface area contributed by atoms with Crippen LogP contribution in [-0.2, 0) is 16.2 Å². The van der Waals surface area contributed by atoms with Crippen LogP contribution in [-0.4, -0.2) is 18.3 Å². The summed E-state index contributed by atoms with van der Waals surface area (Å²) < 4.78 is 11.6. The first-order valence-electron chi connectivity index (χ1n) is 8.09. The van der Waals surface area contributed by atoms with Gasteiger partial charge in [0.25, 0.3) is 0 Å². The van der Waals surface area contributed by atoms with Gasteiger partial charge in [-0.3, -0.25) is 0 Å². The van der Waals surface area contributed by atoms with E-state index in [1.807, 2.05) is 55.5 Å². The maximum atomic E-state index is 11.7. The number of rotatable bonds is 6. The van der Waals surface area contributed by atoms with Crippen LogP contribution in [0.5, 0.6) is 11.5 Å². The lowest BCUT2D eigenvalue weighted by molar-refractivity contribution is -0.136. The van der Waals surface area contributed by atoms with Crippen LogP contribution in [0.4, 0.5) is 0 Å².